The lowest BCUT2D eigenvalue weighted by atomic mass is 10.1. The van der Waals surface area contributed by atoms with Crippen LogP contribution in [-0.4, -0.2) is 25.0 Å². The van der Waals surface area contributed by atoms with Gasteiger partial charge < -0.3 is 15.0 Å². The van der Waals surface area contributed by atoms with Gasteiger partial charge in [0.1, 0.15) is 5.75 Å². The molecule has 0 spiro atoms. The van der Waals surface area contributed by atoms with Gasteiger partial charge in [0.05, 0.1) is 6.61 Å². The van der Waals surface area contributed by atoms with Gasteiger partial charge in [0.2, 0.25) is 5.91 Å². The second-order valence-corrected chi connectivity index (χ2v) is 7.48. The Hall–Kier alpha value is -2.82. The van der Waals surface area contributed by atoms with E-state index in [1.165, 1.54) is 5.56 Å². The lowest BCUT2D eigenvalue weighted by Crippen LogP contribution is -2.33. The van der Waals surface area contributed by atoms with Crippen molar-refractivity contribution in [3.8, 4) is 5.75 Å². The van der Waals surface area contributed by atoms with E-state index in [0.717, 1.165) is 50.1 Å². The molecule has 146 valence electrons. The Labute approximate surface area is 165 Å². The standard InChI is InChI=1S/C23H26N2O3/c1-2-28-20-11-8-17(9-12-20)22(26)24-19-10-7-16-13-14-25(21(16)15-19)23(27)18-5-3-4-6-18/h7-12,15,18H,2-6,13-14H2,1H3,(H,24,26). The molecule has 2 aromatic rings. The maximum Gasteiger partial charge on any atom is 0.255 e. The molecule has 0 bridgehead atoms. The number of hydrogen-bond acceptors (Lipinski definition) is 3. The lowest BCUT2D eigenvalue weighted by molar-refractivity contribution is -0.122. The van der Waals surface area contributed by atoms with Crippen molar-refractivity contribution >= 4 is 23.2 Å². The summed E-state index contributed by atoms with van der Waals surface area (Å²) in [5.74, 6) is 0.978. The number of nitrogens with zero attached hydrogens (tertiary/aromatic N) is 1. The number of fused-ring (bicyclic) bond motifs is 1. The molecular weight excluding hydrogens is 352 g/mol. The van der Waals surface area contributed by atoms with Gasteiger partial charge in [0, 0.05) is 29.4 Å². The predicted octanol–water partition coefficient (Wildman–Crippen LogP) is 4.42. The zero-order chi connectivity index (χ0) is 19.5. The Morgan fingerprint density at radius 1 is 1.11 bits per heavy atom. The van der Waals surface area contributed by atoms with E-state index in [9.17, 15) is 9.59 Å². The fraction of sp³-hybridized carbons (Fsp3) is 0.391. The Morgan fingerprint density at radius 3 is 2.57 bits per heavy atom. The van der Waals surface area contributed by atoms with Gasteiger partial charge in [0.25, 0.3) is 5.91 Å². The van der Waals surface area contributed by atoms with Crippen molar-refractivity contribution in [2.75, 3.05) is 23.4 Å². The maximum absolute atomic E-state index is 12.9. The van der Waals surface area contributed by atoms with E-state index in [-0.39, 0.29) is 17.7 Å². The van der Waals surface area contributed by atoms with Gasteiger partial charge >= 0.3 is 0 Å². The van der Waals surface area contributed by atoms with Crippen LogP contribution < -0.4 is 15.0 Å². The van der Waals surface area contributed by atoms with Gasteiger partial charge in [0.15, 0.2) is 0 Å². The molecule has 2 aromatic carbocycles. The first-order valence-electron chi connectivity index (χ1n) is 10.1. The van der Waals surface area contributed by atoms with E-state index in [1.807, 2.05) is 30.0 Å². The first kappa shape index (κ1) is 18.5. The number of hydrogen-bond donors (Lipinski definition) is 1. The average molecular weight is 378 g/mol. The molecule has 5 heteroatoms. The largest absolute Gasteiger partial charge is 0.494 e. The van der Waals surface area contributed by atoms with Crippen LogP contribution in [0.25, 0.3) is 0 Å². The van der Waals surface area contributed by atoms with Crippen LogP contribution >= 0.6 is 0 Å². The number of carbonyl (C=O) groups is 2. The van der Waals surface area contributed by atoms with E-state index in [1.54, 1.807) is 24.3 Å². The number of rotatable bonds is 5. The van der Waals surface area contributed by atoms with Crippen LogP contribution in [0.4, 0.5) is 11.4 Å². The minimum Gasteiger partial charge on any atom is -0.494 e. The molecule has 0 radical (unpaired) electrons. The van der Waals surface area contributed by atoms with Crippen molar-refractivity contribution in [1.82, 2.24) is 0 Å². The van der Waals surface area contributed by atoms with Gasteiger partial charge in [-0.25, -0.2) is 0 Å². The third-order valence-corrected chi connectivity index (χ3v) is 5.64. The van der Waals surface area contributed by atoms with Gasteiger partial charge in [-0.1, -0.05) is 18.9 Å². The van der Waals surface area contributed by atoms with Crippen LogP contribution in [0.3, 0.4) is 0 Å². The monoisotopic (exact) mass is 378 g/mol. The summed E-state index contributed by atoms with van der Waals surface area (Å²) in [6, 6.07) is 13.0. The third kappa shape index (κ3) is 3.75. The van der Waals surface area contributed by atoms with Crippen molar-refractivity contribution in [3.05, 3.63) is 53.6 Å². The van der Waals surface area contributed by atoms with Gasteiger partial charge in [-0.2, -0.15) is 0 Å². The molecule has 0 saturated heterocycles. The summed E-state index contributed by atoms with van der Waals surface area (Å²) in [4.78, 5) is 27.4. The zero-order valence-electron chi connectivity index (χ0n) is 16.2. The molecule has 5 nitrogen and oxygen atoms in total. The highest BCUT2D eigenvalue weighted by Crippen LogP contribution is 2.35. The maximum atomic E-state index is 12.9. The smallest absolute Gasteiger partial charge is 0.255 e. The number of anilines is 2. The van der Waals surface area contributed by atoms with E-state index < -0.39 is 0 Å². The molecule has 1 heterocycles. The summed E-state index contributed by atoms with van der Waals surface area (Å²) in [6.45, 7) is 3.26. The predicted molar refractivity (Wildman–Crippen MR) is 110 cm³/mol. The fourth-order valence-corrected chi connectivity index (χ4v) is 4.15. The minimum atomic E-state index is -0.172. The van der Waals surface area contributed by atoms with Crippen LogP contribution in [0.1, 0.15) is 48.5 Å². The van der Waals surface area contributed by atoms with E-state index in [2.05, 4.69) is 5.32 Å². The number of carbonyl (C=O) groups excluding carboxylic acids is 2. The number of nitrogens with one attached hydrogen (secondary N) is 1. The molecule has 1 fully saturated rings. The third-order valence-electron chi connectivity index (χ3n) is 5.64. The molecule has 1 aliphatic heterocycles. The minimum absolute atomic E-state index is 0.160. The SMILES string of the molecule is CCOc1ccc(C(=O)Nc2ccc3c(c2)N(C(=O)C2CCCC2)CC3)cc1. The summed E-state index contributed by atoms with van der Waals surface area (Å²) < 4.78 is 5.42. The Kier molecular flexibility index (Phi) is 5.33. The Morgan fingerprint density at radius 2 is 1.86 bits per heavy atom. The topological polar surface area (TPSA) is 58.6 Å². The van der Waals surface area contributed by atoms with Crippen molar-refractivity contribution < 1.29 is 14.3 Å². The van der Waals surface area contributed by atoms with Crippen LogP contribution in [0.5, 0.6) is 5.75 Å². The molecule has 1 aliphatic carbocycles. The summed E-state index contributed by atoms with van der Waals surface area (Å²) >= 11 is 0. The zero-order valence-corrected chi connectivity index (χ0v) is 16.2. The number of amides is 2. The average Bonchev–Trinajstić information content (AvgIpc) is 3.38. The van der Waals surface area contributed by atoms with Crippen molar-refractivity contribution in [2.45, 2.75) is 39.0 Å². The molecule has 1 saturated carbocycles. The lowest BCUT2D eigenvalue weighted by Gasteiger charge is -2.21. The first-order chi connectivity index (χ1) is 13.7. The summed E-state index contributed by atoms with van der Waals surface area (Å²) in [5.41, 5.74) is 3.40. The number of benzene rings is 2. The van der Waals surface area contributed by atoms with Crippen molar-refractivity contribution in [3.63, 3.8) is 0 Å². The summed E-state index contributed by atoms with van der Waals surface area (Å²) in [6.07, 6.45) is 5.17. The molecule has 0 unspecified atom stereocenters. The highest BCUT2D eigenvalue weighted by Gasteiger charge is 2.32. The normalized spacial score (nSPS) is 16.1. The molecule has 1 N–H and O–H groups in total. The summed E-state index contributed by atoms with van der Waals surface area (Å²) in [5, 5.41) is 2.95. The molecule has 0 aromatic heterocycles. The molecular formula is C23H26N2O3. The van der Waals surface area contributed by atoms with Gasteiger partial charge in [-0.15, -0.1) is 0 Å². The van der Waals surface area contributed by atoms with Crippen LogP contribution in [0, 0.1) is 5.92 Å². The molecule has 0 atom stereocenters. The van der Waals surface area contributed by atoms with Crippen molar-refractivity contribution in [2.24, 2.45) is 5.92 Å². The molecule has 2 amide bonds. The summed E-state index contributed by atoms with van der Waals surface area (Å²) in [7, 11) is 0. The van der Waals surface area contributed by atoms with Crippen LogP contribution in [0.15, 0.2) is 42.5 Å². The highest BCUT2D eigenvalue weighted by molar-refractivity contribution is 6.05. The second-order valence-electron chi connectivity index (χ2n) is 7.48. The van der Waals surface area contributed by atoms with E-state index in [4.69, 9.17) is 4.74 Å². The molecule has 4 rings (SSSR count). The van der Waals surface area contributed by atoms with Crippen LogP contribution in [0.2, 0.25) is 0 Å². The van der Waals surface area contributed by atoms with Gasteiger partial charge in [-0.3, -0.25) is 9.59 Å². The van der Waals surface area contributed by atoms with Crippen molar-refractivity contribution in [1.29, 1.82) is 0 Å². The van der Waals surface area contributed by atoms with Crippen LogP contribution in [-0.2, 0) is 11.2 Å². The quantitative estimate of drug-likeness (QED) is 0.838. The highest BCUT2D eigenvalue weighted by atomic mass is 16.5. The number of ether oxygens (including phenoxy) is 1. The Bertz CT molecular complexity index is 870. The van der Waals surface area contributed by atoms with Gasteiger partial charge in [-0.05, 0) is 68.1 Å². The molecule has 2 aliphatic rings. The molecule has 28 heavy (non-hydrogen) atoms. The Balaban J connectivity index is 1.48. The van der Waals surface area contributed by atoms with E-state index >= 15 is 0 Å². The first-order valence-corrected chi connectivity index (χ1v) is 10.1. The fourth-order valence-electron chi connectivity index (χ4n) is 4.15. The second kappa shape index (κ2) is 8.05. The van der Waals surface area contributed by atoms with E-state index in [0.29, 0.717) is 17.9 Å².